The van der Waals surface area contributed by atoms with E-state index in [2.05, 4.69) is 5.32 Å². The van der Waals surface area contributed by atoms with E-state index < -0.39 is 0 Å². The van der Waals surface area contributed by atoms with Crippen molar-refractivity contribution in [3.8, 4) is 0 Å². The Morgan fingerprint density at radius 2 is 1.73 bits per heavy atom. The molecular formula is C12H21NO2. The summed E-state index contributed by atoms with van der Waals surface area (Å²) in [7, 11) is 0. The molecule has 0 saturated carbocycles. The molecular weight excluding hydrogens is 190 g/mol. The molecule has 2 fully saturated rings. The summed E-state index contributed by atoms with van der Waals surface area (Å²) in [6.07, 6.45) is 4.63. The van der Waals surface area contributed by atoms with E-state index in [1.54, 1.807) is 0 Å². The van der Waals surface area contributed by atoms with E-state index >= 15 is 0 Å². The number of piperidine rings is 1. The molecule has 3 nitrogen and oxygen atoms in total. The number of carbonyl (C=O) groups is 1. The Labute approximate surface area is 91.6 Å². The Balaban J connectivity index is 1.88. The van der Waals surface area contributed by atoms with Gasteiger partial charge in [-0.05, 0) is 46.5 Å². The smallest absolute Gasteiger partial charge is 0.311 e. The first-order valence-electron chi connectivity index (χ1n) is 5.92. The molecule has 2 bridgehead atoms. The number of fused-ring (bicyclic) bond motifs is 2. The number of hydrogen-bond donors (Lipinski definition) is 1. The van der Waals surface area contributed by atoms with Crippen LogP contribution in [0.25, 0.3) is 0 Å². The van der Waals surface area contributed by atoms with E-state index in [4.69, 9.17) is 4.74 Å². The summed E-state index contributed by atoms with van der Waals surface area (Å²) in [4.78, 5) is 11.7. The van der Waals surface area contributed by atoms with Crippen LogP contribution in [0, 0.1) is 5.41 Å². The van der Waals surface area contributed by atoms with Gasteiger partial charge in [0.05, 0.1) is 5.41 Å². The molecule has 2 saturated heterocycles. The van der Waals surface area contributed by atoms with E-state index in [1.165, 1.54) is 12.8 Å². The third kappa shape index (κ3) is 2.51. The lowest BCUT2D eigenvalue weighted by Crippen LogP contribution is -2.43. The lowest BCUT2D eigenvalue weighted by Gasteiger charge is -2.30. The van der Waals surface area contributed by atoms with Crippen molar-refractivity contribution in [1.82, 2.24) is 5.32 Å². The van der Waals surface area contributed by atoms with Gasteiger partial charge in [0.15, 0.2) is 0 Å². The third-order valence-corrected chi connectivity index (χ3v) is 3.32. The van der Waals surface area contributed by atoms with E-state index in [0.717, 1.165) is 12.8 Å². The van der Waals surface area contributed by atoms with Crippen molar-refractivity contribution >= 4 is 5.97 Å². The monoisotopic (exact) mass is 211 g/mol. The number of hydrogen-bond acceptors (Lipinski definition) is 3. The molecule has 2 aliphatic heterocycles. The molecule has 2 aliphatic rings. The fourth-order valence-electron chi connectivity index (χ4n) is 2.43. The van der Waals surface area contributed by atoms with E-state index in [0.29, 0.717) is 12.1 Å². The minimum absolute atomic E-state index is 0.0613. The molecule has 2 heterocycles. The highest BCUT2D eigenvalue weighted by Gasteiger charge is 2.36. The molecule has 2 rings (SSSR count). The highest BCUT2D eigenvalue weighted by Crippen LogP contribution is 2.30. The van der Waals surface area contributed by atoms with Gasteiger partial charge < -0.3 is 10.1 Å². The minimum atomic E-state index is -0.371. The first kappa shape index (κ1) is 10.9. The van der Waals surface area contributed by atoms with Crippen LogP contribution in [0.15, 0.2) is 0 Å². The molecule has 86 valence electrons. The van der Waals surface area contributed by atoms with Gasteiger partial charge in [0.2, 0.25) is 0 Å². The van der Waals surface area contributed by atoms with Crippen LogP contribution in [0.1, 0.15) is 46.5 Å². The SMILES string of the molecule is CC(C)(C)C(=O)OC1C[C@H]2CC[C@@H](C1)N2. The molecule has 0 aromatic carbocycles. The zero-order chi connectivity index (χ0) is 11.1. The molecule has 0 amide bonds. The van der Waals surface area contributed by atoms with Gasteiger partial charge in [0.1, 0.15) is 6.10 Å². The largest absolute Gasteiger partial charge is 0.462 e. The Morgan fingerprint density at radius 3 is 2.20 bits per heavy atom. The van der Waals surface area contributed by atoms with E-state index in [9.17, 15) is 4.79 Å². The van der Waals surface area contributed by atoms with Crippen LogP contribution in [0.3, 0.4) is 0 Å². The average Bonchev–Trinajstić information content (AvgIpc) is 2.44. The maximum Gasteiger partial charge on any atom is 0.311 e. The Kier molecular flexibility index (Phi) is 2.75. The molecule has 3 atom stereocenters. The van der Waals surface area contributed by atoms with E-state index in [-0.39, 0.29) is 17.5 Å². The predicted octanol–water partition coefficient (Wildman–Crippen LogP) is 1.86. The van der Waals surface area contributed by atoms with Gasteiger partial charge in [-0.2, -0.15) is 0 Å². The predicted molar refractivity (Wildman–Crippen MR) is 58.5 cm³/mol. The molecule has 0 spiro atoms. The molecule has 1 unspecified atom stereocenters. The number of rotatable bonds is 1. The molecule has 0 aliphatic carbocycles. The molecule has 1 N–H and O–H groups in total. The lowest BCUT2D eigenvalue weighted by molar-refractivity contribution is -0.160. The van der Waals surface area contributed by atoms with Crippen molar-refractivity contribution in [2.75, 3.05) is 0 Å². The quantitative estimate of drug-likeness (QED) is 0.673. The summed E-state index contributed by atoms with van der Waals surface area (Å²) in [5.41, 5.74) is -0.371. The van der Waals surface area contributed by atoms with Crippen molar-refractivity contribution in [3.63, 3.8) is 0 Å². The fourth-order valence-corrected chi connectivity index (χ4v) is 2.43. The van der Waals surface area contributed by atoms with Crippen LogP contribution in [-0.4, -0.2) is 24.2 Å². The highest BCUT2D eigenvalue weighted by atomic mass is 16.5. The van der Waals surface area contributed by atoms with Gasteiger partial charge in [0, 0.05) is 12.1 Å². The lowest BCUT2D eigenvalue weighted by atomic mass is 9.96. The summed E-state index contributed by atoms with van der Waals surface area (Å²) in [6, 6.07) is 1.17. The van der Waals surface area contributed by atoms with Crippen molar-refractivity contribution in [1.29, 1.82) is 0 Å². The third-order valence-electron chi connectivity index (χ3n) is 3.32. The molecule has 0 aromatic rings. The van der Waals surface area contributed by atoms with Crippen molar-refractivity contribution in [3.05, 3.63) is 0 Å². The molecule has 3 heteroatoms. The summed E-state index contributed by atoms with van der Waals surface area (Å²) < 4.78 is 5.56. The van der Waals surface area contributed by atoms with Crippen molar-refractivity contribution < 1.29 is 9.53 Å². The van der Waals surface area contributed by atoms with Crippen LogP contribution >= 0.6 is 0 Å². The highest BCUT2D eigenvalue weighted by molar-refractivity contribution is 5.75. The topological polar surface area (TPSA) is 38.3 Å². The van der Waals surface area contributed by atoms with Gasteiger partial charge in [-0.25, -0.2) is 0 Å². The zero-order valence-corrected chi connectivity index (χ0v) is 9.88. The van der Waals surface area contributed by atoms with Crippen LogP contribution in [0.5, 0.6) is 0 Å². The zero-order valence-electron chi connectivity index (χ0n) is 9.88. The Hall–Kier alpha value is -0.570. The maximum atomic E-state index is 11.7. The van der Waals surface area contributed by atoms with Gasteiger partial charge >= 0.3 is 5.97 Å². The Bertz CT molecular complexity index is 245. The number of ether oxygens (including phenoxy) is 1. The van der Waals surface area contributed by atoms with E-state index in [1.807, 2.05) is 20.8 Å². The van der Waals surface area contributed by atoms with Gasteiger partial charge in [-0.1, -0.05) is 0 Å². The molecule has 0 aromatic heterocycles. The summed E-state index contributed by atoms with van der Waals surface area (Å²) in [6.45, 7) is 5.72. The summed E-state index contributed by atoms with van der Waals surface area (Å²) in [5.74, 6) is -0.0613. The number of esters is 1. The normalized spacial score (nSPS) is 35.3. The van der Waals surface area contributed by atoms with Gasteiger partial charge in [-0.15, -0.1) is 0 Å². The second-order valence-corrected chi connectivity index (χ2v) is 5.89. The standard InChI is InChI=1S/C12H21NO2/c1-12(2,3)11(14)15-10-6-8-4-5-9(7-10)13-8/h8-10,13H,4-7H2,1-3H3/t8-,9+,10?. The first-order chi connectivity index (χ1) is 6.95. The molecule has 15 heavy (non-hydrogen) atoms. The van der Waals surface area contributed by atoms with Crippen molar-refractivity contribution in [2.45, 2.75) is 64.6 Å². The second kappa shape index (κ2) is 3.78. The second-order valence-electron chi connectivity index (χ2n) is 5.89. The van der Waals surface area contributed by atoms with Crippen LogP contribution in [0.4, 0.5) is 0 Å². The fraction of sp³-hybridized carbons (Fsp3) is 0.917. The van der Waals surface area contributed by atoms with Crippen LogP contribution < -0.4 is 5.32 Å². The maximum absolute atomic E-state index is 11.7. The Morgan fingerprint density at radius 1 is 1.20 bits per heavy atom. The van der Waals surface area contributed by atoms with Crippen LogP contribution in [0.2, 0.25) is 0 Å². The number of carbonyl (C=O) groups excluding carboxylic acids is 1. The molecule has 0 radical (unpaired) electrons. The van der Waals surface area contributed by atoms with Crippen LogP contribution in [-0.2, 0) is 9.53 Å². The summed E-state index contributed by atoms with van der Waals surface area (Å²) >= 11 is 0. The minimum Gasteiger partial charge on any atom is -0.462 e. The van der Waals surface area contributed by atoms with Crippen molar-refractivity contribution in [2.24, 2.45) is 5.41 Å². The summed E-state index contributed by atoms with van der Waals surface area (Å²) in [5, 5.41) is 3.54. The van der Waals surface area contributed by atoms with Gasteiger partial charge in [-0.3, -0.25) is 4.79 Å². The first-order valence-corrected chi connectivity index (χ1v) is 5.92. The number of nitrogens with one attached hydrogen (secondary N) is 1. The average molecular weight is 211 g/mol. The van der Waals surface area contributed by atoms with Gasteiger partial charge in [0.25, 0.3) is 0 Å².